The van der Waals surface area contributed by atoms with Gasteiger partial charge in [-0.3, -0.25) is 4.31 Å². The minimum atomic E-state index is -3.66. The van der Waals surface area contributed by atoms with Crippen LogP contribution in [0, 0.1) is 29.1 Å². The van der Waals surface area contributed by atoms with E-state index in [1.807, 2.05) is 6.07 Å². The van der Waals surface area contributed by atoms with Crippen LogP contribution in [-0.4, -0.2) is 30.9 Å². The van der Waals surface area contributed by atoms with Crippen molar-refractivity contribution >= 4 is 15.7 Å². The number of aliphatic hydroxyl groups is 1. The summed E-state index contributed by atoms with van der Waals surface area (Å²) < 4.78 is 40.1. The van der Waals surface area contributed by atoms with E-state index in [1.165, 1.54) is 16.4 Å². The Hall–Kier alpha value is -1.65. The van der Waals surface area contributed by atoms with Crippen molar-refractivity contribution in [2.45, 2.75) is 37.3 Å². The summed E-state index contributed by atoms with van der Waals surface area (Å²) in [4.78, 5) is 0. The number of aliphatic hydroxyl groups excluding tert-OH is 1. The van der Waals surface area contributed by atoms with Gasteiger partial charge >= 0.3 is 0 Å². The Labute approximate surface area is 140 Å². The van der Waals surface area contributed by atoms with Gasteiger partial charge in [0.15, 0.2) is 0 Å². The van der Waals surface area contributed by atoms with Crippen LogP contribution in [0.3, 0.4) is 0 Å². The Kier molecular flexibility index (Phi) is 3.26. The Morgan fingerprint density at radius 2 is 2.17 bits per heavy atom. The van der Waals surface area contributed by atoms with Gasteiger partial charge in [-0.05, 0) is 43.9 Å². The molecule has 0 amide bonds. The van der Waals surface area contributed by atoms with E-state index < -0.39 is 27.5 Å². The van der Waals surface area contributed by atoms with Gasteiger partial charge in [0.05, 0.1) is 28.2 Å². The summed E-state index contributed by atoms with van der Waals surface area (Å²) in [5.74, 6) is -0.0318. The van der Waals surface area contributed by atoms with Crippen LogP contribution in [0.2, 0.25) is 0 Å². The first-order chi connectivity index (χ1) is 11.3. The van der Waals surface area contributed by atoms with Crippen molar-refractivity contribution in [1.82, 2.24) is 0 Å². The van der Waals surface area contributed by atoms with Crippen LogP contribution in [0.4, 0.5) is 10.1 Å². The molecule has 5 nitrogen and oxygen atoms in total. The molecule has 24 heavy (non-hydrogen) atoms. The number of anilines is 1. The molecule has 0 aromatic heterocycles. The summed E-state index contributed by atoms with van der Waals surface area (Å²) in [6, 6.07) is 6.42. The normalized spacial score (nSPS) is 39.0. The topological polar surface area (TPSA) is 81.4 Å². The highest BCUT2D eigenvalue weighted by molar-refractivity contribution is 7.94. The summed E-state index contributed by atoms with van der Waals surface area (Å²) in [5.41, 5.74) is 0.835. The first-order valence-electron chi connectivity index (χ1n) is 8.14. The minimum absolute atomic E-state index is 0.0135. The lowest BCUT2D eigenvalue weighted by Crippen LogP contribution is -2.49. The molecule has 128 valence electrons. The van der Waals surface area contributed by atoms with E-state index in [9.17, 15) is 17.9 Å². The van der Waals surface area contributed by atoms with E-state index in [0.717, 1.165) is 6.42 Å². The Bertz CT molecular complexity index is 850. The molecule has 2 aliphatic carbocycles. The fourth-order valence-corrected chi connectivity index (χ4v) is 7.68. The lowest BCUT2D eigenvalue weighted by atomic mass is 9.78. The molecule has 0 radical (unpaired) electrons. The van der Waals surface area contributed by atoms with Gasteiger partial charge in [-0.25, -0.2) is 12.8 Å². The van der Waals surface area contributed by atoms with Crippen molar-refractivity contribution in [3.63, 3.8) is 0 Å². The lowest BCUT2D eigenvalue weighted by Gasteiger charge is -2.36. The molecule has 2 saturated carbocycles. The fraction of sp³-hybridized carbons (Fsp3) is 0.588. The predicted octanol–water partition coefficient (Wildman–Crippen LogP) is 1.95. The number of nitriles is 1. The van der Waals surface area contributed by atoms with Crippen molar-refractivity contribution in [2.24, 2.45) is 17.8 Å². The summed E-state index contributed by atoms with van der Waals surface area (Å²) in [5, 5.41) is 19.2. The van der Waals surface area contributed by atoms with Gasteiger partial charge in [-0.15, -0.1) is 0 Å². The molecule has 0 spiro atoms. The molecular formula is C17H19FN2O3S. The highest BCUT2D eigenvalue weighted by Gasteiger charge is 2.70. The average molecular weight is 350 g/mol. The van der Waals surface area contributed by atoms with E-state index in [0.29, 0.717) is 18.7 Å². The van der Waals surface area contributed by atoms with E-state index in [2.05, 4.69) is 0 Å². The monoisotopic (exact) mass is 350 g/mol. The molecule has 1 aromatic carbocycles. The second kappa shape index (κ2) is 4.93. The van der Waals surface area contributed by atoms with Crippen molar-refractivity contribution < 1.29 is 17.9 Å². The number of sulfonamides is 1. The molecule has 3 aliphatic rings. The van der Waals surface area contributed by atoms with Crippen LogP contribution < -0.4 is 4.31 Å². The standard InChI is InChI=1S/C17H19FN2O3S/c1-17-14-5-11(6-16(14)21)15(17)9-20(24(17,22)23)13-3-2-10(8-19)12(4-13)7-18/h2-4,11,14-16,21H,5-7,9H2,1H3/t11-,14+,15+,16-,17-/m1/s1. The van der Waals surface area contributed by atoms with Gasteiger partial charge in [-0.1, -0.05) is 0 Å². The van der Waals surface area contributed by atoms with Crippen molar-refractivity contribution in [2.75, 3.05) is 10.8 Å². The second-order valence-electron chi connectivity index (χ2n) is 7.32. The highest BCUT2D eigenvalue weighted by atomic mass is 32.2. The summed E-state index contributed by atoms with van der Waals surface area (Å²) in [7, 11) is -3.66. The Morgan fingerprint density at radius 3 is 2.83 bits per heavy atom. The third-order valence-corrected chi connectivity index (χ3v) is 9.11. The number of fused-ring (bicyclic) bond motifs is 5. The molecule has 0 unspecified atom stereocenters. The Balaban J connectivity index is 1.79. The van der Waals surface area contributed by atoms with Gasteiger partial charge < -0.3 is 5.11 Å². The molecule has 1 saturated heterocycles. The zero-order valence-corrected chi connectivity index (χ0v) is 14.1. The van der Waals surface area contributed by atoms with Crippen molar-refractivity contribution in [3.05, 3.63) is 29.3 Å². The van der Waals surface area contributed by atoms with Gasteiger partial charge in [0.2, 0.25) is 10.0 Å². The second-order valence-corrected chi connectivity index (χ2v) is 9.59. The zero-order chi connectivity index (χ0) is 17.3. The largest absolute Gasteiger partial charge is 0.393 e. The maximum Gasteiger partial charge on any atom is 0.241 e. The maximum absolute atomic E-state index is 13.2. The molecule has 5 atom stereocenters. The van der Waals surface area contributed by atoms with Crippen molar-refractivity contribution in [1.29, 1.82) is 5.26 Å². The third kappa shape index (κ3) is 1.73. The fourth-order valence-electron chi connectivity index (χ4n) is 5.17. The van der Waals surface area contributed by atoms with Crippen LogP contribution in [0.5, 0.6) is 0 Å². The zero-order valence-electron chi connectivity index (χ0n) is 13.3. The number of halogens is 1. The number of hydrogen-bond donors (Lipinski definition) is 1. The molecule has 7 heteroatoms. The van der Waals surface area contributed by atoms with E-state index in [1.54, 1.807) is 13.0 Å². The first kappa shape index (κ1) is 15.9. The molecule has 1 aromatic rings. The molecule has 1 N–H and O–H groups in total. The predicted molar refractivity (Wildman–Crippen MR) is 86.4 cm³/mol. The van der Waals surface area contributed by atoms with Crippen molar-refractivity contribution in [3.8, 4) is 6.07 Å². The number of rotatable bonds is 2. The number of nitrogens with zero attached hydrogens (tertiary/aromatic N) is 2. The van der Waals surface area contributed by atoms with Crippen LogP contribution in [0.1, 0.15) is 30.9 Å². The van der Waals surface area contributed by atoms with Crippen LogP contribution in [-0.2, 0) is 16.7 Å². The van der Waals surface area contributed by atoms with E-state index >= 15 is 0 Å². The maximum atomic E-state index is 13.2. The SMILES string of the molecule is C[C@@]12[C@@H](CN(c3ccc(C#N)c(CF)c3)S1(=O)=O)[C@H]1C[C@@H](O)[C@@H]2C1. The smallest absolute Gasteiger partial charge is 0.241 e. The molecule has 1 heterocycles. The number of hydrogen-bond acceptors (Lipinski definition) is 4. The minimum Gasteiger partial charge on any atom is -0.393 e. The van der Waals surface area contributed by atoms with Gasteiger partial charge in [0.25, 0.3) is 0 Å². The molecule has 1 aliphatic heterocycles. The lowest BCUT2D eigenvalue weighted by molar-refractivity contribution is 0.0771. The summed E-state index contributed by atoms with van der Waals surface area (Å²) in [6.07, 6.45) is 0.865. The molecule has 2 bridgehead atoms. The number of alkyl halides is 1. The molecule has 4 rings (SSSR count). The first-order valence-corrected chi connectivity index (χ1v) is 9.58. The van der Waals surface area contributed by atoms with Gasteiger partial charge in [0, 0.05) is 23.9 Å². The number of benzene rings is 1. The third-order valence-electron chi connectivity index (χ3n) is 6.46. The highest BCUT2D eigenvalue weighted by Crippen LogP contribution is 2.62. The van der Waals surface area contributed by atoms with Crippen LogP contribution in [0.25, 0.3) is 0 Å². The summed E-state index contributed by atoms with van der Waals surface area (Å²) >= 11 is 0. The Morgan fingerprint density at radius 1 is 1.42 bits per heavy atom. The van der Waals surface area contributed by atoms with E-state index in [4.69, 9.17) is 5.26 Å². The van der Waals surface area contributed by atoms with Gasteiger partial charge in [0.1, 0.15) is 6.67 Å². The average Bonchev–Trinajstić information content (AvgIpc) is 3.14. The summed E-state index contributed by atoms with van der Waals surface area (Å²) in [6.45, 7) is 1.30. The van der Waals surface area contributed by atoms with Crippen LogP contribution in [0.15, 0.2) is 18.2 Å². The molecule has 3 fully saturated rings. The van der Waals surface area contributed by atoms with Crippen LogP contribution >= 0.6 is 0 Å². The quantitative estimate of drug-likeness (QED) is 0.884. The molecular weight excluding hydrogens is 331 g/mol. The van der Waals surface area contributed by atoms with Gasteiger partial charge in [-0.2, -0.15) is 5.26 Å². The van der Waals surface area contributed by atoms with E-state index in [-0.39, 0.29) is 28.9 Å².